The van der Waals surface area contributed by atoms with E-state index >= 15 is 0 Å². The van der Waals surface area contributed by atoms with Gasteiger partial charge in [-0.3, -0.25) is 4.79 Å². The van der Waals surface area contributed by atoms with Crippen molar-refractivity contribution in [1.82, 2.24) is 15.0 Å². The summed E-state index contributed by atoms with van der Waals surface area (Å²) in [4.78, 5) is 21.4. The maximum absolute atomic E-state index is 10.1. The first-order chi connectivity index (χ1) is 7.30. The van der Waals surface area contributed by atoms with E-state index in [0.717, 1.165) is 0 Å². The molecule has 1 heterocycles. The molecule has 0 unspecified atom stereocenters. The normalized spacial score (nSPS) is 9.47. The molecule has 82 valence electrons. The molecule has 15 heavy (non-hydrogen) atoms. The van der Waals surface area contributed by atoms with Crippen molar-refractivity contribution >= 4 is 6.47 Å². The van der Waals surface area contributed by atoms with Crippen LogP contribution in [0.25, 0.3) is 0 Å². The maximum Gasteiger partial charge on any atom is 0.333 e. The number of nitrogens with zero attached hydrogens (tertiary/aromatic N) is 3. The van der Waals surface area contributed by atoms with Crippen LogP contribution in [0.15, 0.2) is 0 Å². The van der Waals surface area contributed by atoms with E-state index in [9.17, 15) is 4.79 Å². The minimum atomic E-state index is -0.146. The van der Waals surface area contributed by atoms with Gasteiger partial charge in [0.25, 0.3) is 0 Å². The van der Waals surface area contributed by atoms with E-state index in [1.165, 1.54) is 0 Å². The lowest BCUT2D eigenvalue weighted by molar-refractivity contribution is -0.121. The van der Waals surface area contributed by atoms with Gasteiger partial charge in [-0.1, -0.05) is 0 Å². The van der Waals surface area contributed by atoms with Crippen LogP contribution in [0.1, 0.15) is 13.8 Å². The van der Waals surface area contributed by atoms with E-state index in [0.29, 0.717) is 13.2 Å². The van der Waals surface area contributed by atoms with Crippen LogP contribution in [0.3, 0.4) is 0 Å². The Hall–Kier alpha value is -1.92. The molecule has 0 saturated carbocycles. The van der Waals surface area contributed by atoms with Crippen LogP contribution in [0.2, 0.25) is 0 Å². The summed E-state index contributed by atoms with van der Waals surface area (Å²) < 4.78 is 14.6. The van der Waals surface area contributed by atoms with Gasteiger partial charge >= 0.3 is 24.5 Å². The van der Waals surface area contributed by atoms with Gasteiger partial charge in [-0.05, 0) is 13.8 Å². The molecule has 0 atom stereocenters. The van der Waals surface area contributed by atoms with Gasteiger partial charge in [0.2, 0.25) is 0 Å². The molecule has 7 nitrogen and oxygen atoms in total. The predicted molar refractivity (Wildman–Crippen MR) is 48.9 cm³/mol. The van der Waals surface area contributed by atoms with Crippen molar-refractivity contribution in [2.24, 2.45) is 0 Å². The second-order valence-electron chi connectivity index (χ2n) is 2.26. The number of rotatable bonds is 6. The van der Waals surface area contributed by atoms with Gasteiger partial charge in [-0.15, -0.1) is 15.0 Å². The molecule has 0 N–H and O–H groups in total. The van der Waals surface area contributed by atoms with Crippen molar-refractivity contribution in [3.8, 4) is 18.0 Å². The molecule has 1 aromatic rings. The Morgan fingerprint density at radius 1 is 1.00 bits per heavy atom. The van der Waals surface area contributed by atoms with Gasteiger partial charge in [0.1, 0.15) is 0 Å². The standard InChI is InChI=1S/C8H11N3O4/c1-3-13-6-9-7(14-4-2)11-8(10-6)15-5-12/h5H,3-4H2,1-2H3. The summed E-state index contributed by atoms with van der Waals surface area (Å²) in [5.74, 6) is 0. The van der Waals surface area contributed by atoms with Crippen LogP contribution < -0.4 is 14.2 Å². The van der Waals surface area contributed by atoms with E-state index < -0.39 is 0 Å². The first-order valence-corrected chi connectivity index (χ1v) is 4.42. The van der Waals surface area contributed by atoms with Crippen molar-refractivity contribution in [2.75, 3.05) is 13.2 Å². The summed E-state index contributed by atoms with van der Waals surface area (Å²) in [7, 11) is 0. The topological polar surface area (TPSA) is 83.4 Å². The summed E-state index contributed by atoms with van der Waals surface area (Å²) in [5.41, 5.74) is 0. The van der Waals surface area contributed by atoms with E-state index in [-0.39, 0.29) is 24.5 Å². The molecule has 0 bridgehead atoms. The molecule has 1 rings (SSSR count). The zero-order valence-electron chi connectivity index (χ0n) is 8.47. The lowest BCUT2D eigenvalue weighted by Gasteiger charge is -2.05. The molecule has 1 aromatic heterocycles. The Kier molecular flexibility index (Phi) is 4.27. The fraction of sp³-hybridized carbons (Fsp3) is 0.500. The van der Waals surface area contributed by atoms with Gasteiger partial charge < -0.3 is 14.2 Å². The fourth-order valence-electron chi connectivity index (χ4n) is 0.803. The highest BCUT2D eigenvalue weighted by Gasteiger charge is 2.08. The number of hydrogen-bond acceptors (Lipinski definition) is 7. The first kappa shape index (κ1) is 11.2. The van der Waals surface area contributed by atoms with E-state index in [1.807, 2.05) is 0 Å². The number of ether oxygens (including phenoxy) is 3. The highest BCUT2D eigenvalue weighted by Crippen LogP contribution is 2.13. The van der Waals surface area contributed by atoms with E-state index in [4.69, 9.17) is 9.47 Å². The Bertz CT molecular complexity index is 307. The fourth-order valence-corrected chi connectivity index (χ4v) is 0.803. The minimum absolute atomic E-state index is 0.0628. The minimum Gasteiger partial charge on any atom is -0.464 e. The second kappa shape index (κ2) is 5.74. The first-order valence-electron chi connectivity index (χ1n) is 4.42. The Morgan fingerprint density at radius 3 is 1.87 bits per heavy atom. The van der Waals surface area contributed by atoms with Gasteiger partial charge in [0, 0.05) is 0 Å². The van der Waals surface area contributed by atoms with Gasteiger partial charge in [-0.25, -0.2) is 0 Å². The molecule has 0 radical (unpaired) electrons. The largest absolute Gasteiger partial charge is 0.464 e. The van der Waals surface area contributed by atoms with Crippen LogP contribution in [-0.2, 0) is 4.79 Å². The van der Waals surface area contributed by atoms with Gasteiger partial charge in [0.15, 0.2) is 0 Å². The van der Waals surface area contributed by atoms with E-state index in [2.05, 4.69) is 19.7 Å². The van der Waals surface area contributed by atoms with Gasteiger partial charge in [0.05, 0.1) is 13.2 Å². The molecule has 0 aliphatic carbocycles. The summed E-state index contributed by atoms with van der Waals surface area (Å²) in [5, 5.41) is 0. The second-order valence-corrected chi connectivity index (χ2v) is 2.26. The lowest BCUT2D eigenvalue weighted by Crippen LogP contribution is -2.06. The van der Waals surface area contributed by atoms with Crippen LogP contribution >= 0.6 is 0 Å². The highest BCUT2D eigenvalue weighted by atomic mass is 16.5. The predicted octanol–water partition coefficient (Wildman–Crippen LogP) is 0.204. The number of carbonyl (C=O) groups excluding carboxylic acids is 1. The van der Waals surface area contributed by atoms with E-state index in [1.54, 1.807) is 13.8 Å². The van der Waals surface area contributed by atoms with Crippen LogP contribution in [0.4, 0.5) is 0 Å². The number of carbonyl (C=O) groups is 1. The van der Waals surface area contributed by atoms with Crippen molar-refractivity contribution in [3.63, 3.8) is 0 Å². The zero-order chi connectivity index (χ0) is 11.1. The molecular formula is C8H11N3O4. The zero-order valence-corrected chi connectivity index (χ0v) is 8.47. The molecule has 0 aromatic carbocycles. The third-order valence-electron chi connectivity index (χ3n) is 1.27. The molecule has 0 aliphatic rings. The average Bonchev–Trinajstić information content (AvgIpc) is 2.19. The third-order valence-corrected chi connectivity index (χ3v) is 1.27. The lowest BCUT2D eigenvalue weighted by atomic mass is 10.8. The Balaban J connectivity index is 2.91. The molecule has 0 amide bonds. The third kappa shape index (κ3) is 3.37. The number of hydrogen-bond donors (Lipinski definition) is 0. The molecule has 0 fully saturated rings. The van der Waals surface area contributed by atoms with Crippen molar-refractivity contribution in [3.05, 3.63) is 0 Å². The van der Waals surface area contributed by atoms with Crippen molar-refractivity contribution in [1.29, 1.82) is 0 Å². The molecule has 7 heteroatoms. The van der Waals surface area contributed by atoms with Gasteiger partial charge in [-0.2, -0.15) is 0 Å². The summed E-state index contributed by atoms with van der Waals surface area (Å²) in [6.45, 7) is 4.59. The molecule has 0 saturated heterocycles. The molecular weight excluding hydrogens is 202 g/mol. The summed E-state index contributed by atoms with van der Waals surface area (Å²) >= 11 is 0. The van der Waals surface area contributed by atoms with Crippen molar-refractivity contribution in [2.45, 2.75) is 13.8 Å². The van der Waals surface area contributed by atoms with Crippen LogP contribution in [0, 0.1) is 0 Å². The van der Waals surface area contributed by atoms with Crippen LogP contribution in [-0.4, -0.2) is 34.6 Å². The highest BCUT2D eigenvalue weighted by molar-refractivity contribution is 5.41. The molecule has 0 spiro atoms. The number of aromatic nitrogens is 3. The summed E-state index contributed by atoms with van der Waals surface area (Å²) in [6.07, 6.45) is 0. The molecule has 0 aliphatic heterocycles. The quantitative estimate of drug-likeness (QED) is 0.624. The SMILES string of the molecule is CCOc1nc(OC=O)nc(OCC)n1. The summed E-state index contributed by atoms with van der Waals surface area (Å²) in [6, 6.07) is -0.0208. The smallest absolute Gasteiger partial charge is 0.333 e. The Morgan fingerprint density at radius 2 is 1.47 bits per heavy atom. The van der Waals surface area contributed by atoms with Crippen molar-refractivity contribution < 1.29 is 19.0 Å². The van der Waals surface area contributed by atoms with Crippen LogP contribution in [0.5, 0.6) is 18.0 Å². The Labute approximate surface area is 86.4 Å². The average molecular weight is 213 g/mol. The maximum atomic E-state index is 10.1. The monoisotopic (exact) mass is 213 g/mol.